The third-order valence-corrected chi connectivity index (χ3v) is 3.91. The number of carbonyl (C=O) groups is 1. The van der Waals surface area contributed by atoms with Gasteiger partial charge >= 0.3 is 0 Å². The maximum absolute atomic E-state index is 12.5. The number of benzene rings is 1. The number of carbonyl (C=O) groups excluding carboxylic acids is 1. The minimum absolute atomic E-state index is 0.0188. The lowest BCUT2D eigenvalue weighted by molar-refractivity contribution is 0.0944. The average molecular weight is 346 g/mol. The number of hydrogen-bond acceptors (Lipinski definition) is 5. The lowest BCUT2D eigenvalue weighted by Crippen LogP contribution is -2.30. The van der Waals surface area contributed by atoms with E-state index in [1.165, 1.54) is 19.6 Å². The molecule has 8 heteroatoms. The van der Waals surface area contributed by atoms with Gasteiger partial charge in [0, 0.05) is 23.2 Å². The van der Waals surface area contributed by atoms with Crippen LogP contribution in [0, 0.1) is 0 Å². The second-order valence-corrected chi connectivity index (χ2v) is 5.74. The summed E-state index contributed by atoms with van der Waals surface area (Å²) >= 11 is 5.98. The van der Waals surface area contributed by atoms with Crippen molar-refractivity contribution in [3.05, 3.63) is 47.6 Å². The van der Waals surface area contributed by atoms with E-state index in [9.17, 15) is 4.79 Å². The summed E-state index contributed by atoms with van der Waals surface area (Å²) in [6.07, 6.45) is 4.56. The maximum Gasteiger partial charge on any atom is 0.256 e. The Kier molecular flexibility index (Phi) is 4.61. The van der Waals surface area contributed by atoms with E-state index in [0.717, 1.165) is 5.39 Å². The van der Waals surface area contributed by atoms with E-state index >= 15 is 0 Å². The van der Waals surface area contributed by atoms with Gasteiger partial charge in [0.05, 0.1) is 18.7 Å². The van der Waals surface area contributed by atoms with Crippen molar-refractivity contribution in [2.75, 3.05) is 13.7 Å². The minimum atomic E-state index is -0.261. The normalized spacial score (nSPS) is 12.1. The third-order valence-electron chi connectivity index (χ3n) is 3.68. The summed E-state index contributed by atoms with van der Waals surface area (Å²) in [4.78, 5) is 20.7. The van der Waals surface area contributed by atoms with Crippen molar-refractivity contribution in [1.82, 2.24) is 25.1 Å². The molecule has 0 spiro atoms. The minimum Gasteiger partial charge on any atom is -0.495 e. The molecule has 2 heterocycles. The molecule has 0 aliphatic heterocycles. The van der Waals surface area contributed by atoms with Crippen molar-refractivity contribution in [1.29, 1.82) is 0 Å². The van der Waals surface area contributed by atoms with Crippen molar-refractivity contribution < 1.29 is 9.53 Å². The second kappa shape index (κ2) is 6.84. The molecule has 1 unspecified atom stereocenters. The molecule has 24 heavy (non-hydrogen) atoms. The van der Waals surface area contributed by atoms with Crippen LogP contribution < -0.4 is 10.1 Å². The second-order valence-electron chi connectivity index (χ2n) is 5.30. The number of fused-ring (bicyclic) bond motifs is 1. The van der Waals surface area contributed by atoms with Crippen LogP contribution in [-0.2, 0) is 0 Å². The zero-order chi connectivity index (χ0) is 17.1. The van der Waals surface area contributed by atoms with Crippen LogP contribution in [0.1, 0.15) is 23.3 Å². The van der Waals surface area contributed by atoms with Gasteiger partial charge in [0.25, 0.3) is 5.91 Å². The molecule has 0 aliphatic rings. The highest BCUT2D eigenvalue weighted by Gasteiger charge is 2.17. The average Bonchev–Trinajstić information content (AvgIpc) is 3.12. The first-order valence-electron chi connectivity index (χ1n) is 7.34. The Bertz CT molecular complexity index is 866. The van der Waals surface area contributed by atoms with E-state index in [-0.39, 0.29) is 11.9 Å². The SMILES string of the molecule is COc1c(C(=O)NCC(C)n2cncn2)cnc2cc(Cl)ccc12. The molecule has 124 valence electrons. The zero-order valence-electron chi connectivity index (χ0n) is 13.2. The zero-order valence-corrected chi connectivity index (χ0v) is 14.0. The number of nitrogens with zero attached hydrogens (tertiary/aromatic N) is 4. The summed E-state index contributed by atoms with van der Waals surface area (Å²) in [5, 5.41) is 8.23. The molecule has 2 aromatic heterocycles. The van der Waals surface area contributed by atoms with Gasteiger partial charge in [0.1, 0.15) is 24.0 Å². The molecule has 3 aromatic rings. The first kappa shape index (κ1) is 16.2. The molecular weight excluding hydrogens is 330 g/mol. The molecule has 0 saturated heterocycles. The van der Waals surface area contributed by atoms with E-state index in [2.05, 4.69) is 20.4 Å². The fourth-order valence-corrected chi connectivity index (χ4v) is 2.56. The highest BCUT2D eigenvalue weighted by Crippen LogP contribution is 2.29. The maximum atomic E-state index is 12.5. The van der Waals surface area contributed by atoms with Gasteiger partial charge in [0.2, 0.25) is 0 Å². The largest absolute Gasteiger partial charge is 0.495 e. The van der Waals surface area contributed by atoms with E-state index in [0.29, 0.717) is 28.4 Å². The Balaban J connectivity index is 1.83. The van der Waals surface area contributed by atoms with Gasteiger partial charge in [-0.3, -0.25) is 9.78 Å². The molecule has 0 fully saturated rings. The molecule has 1 atom stereocenters. The van der Waals surface area contributed by atoms with Gasteiger partial charge < -0.3 is 10.1 Å². The van der Waals surface area contributed by atoms with Gasteiger partial charge in [-0.25, -0.2) is 9.67 Å². The Morgan fingerprint density at radius 2 is 2.29 bits per heavy atom. The molecular formula is C16H16ClN5O2. The van der Waals surface area contributed by atoms with Crippen LogP contribution in [0.3, 0.4) is 0 Å². The summed E-state index contributed by atoms with van der Waals surface area (Å²) in [5.74, 6) is 0.214. The Hall–Kier alpha value is -2.67. The van der Waals surface area contributed by atoms with Gasteiger partial charge in [-0.2, -0.15) is 5.10 Å². The number of halogens is 1. The molecule has 0 bridgehead atoms. The van der Waals surface area contributed by atoms with Gasteiger partial charge in [-0.05, 0) is 25.1 Å². The summed E-state index contributed by atoms with van der Waals surface area (Å²) < 4.78 is 7.11. The summed E-state index contributed by atoms with van der Waals surface area (Å²) in [6, 6.07) is 5.24. The van der Waals surface area contributed by atoms with Crippen LogP contribution in [0.15, 0.2) is 37.1 Å². The van der Waals surface area contributed by atoms with Crippen LogP contribution in [0.4, 0.5) is 0 Å². The Morgan fingerprint density at radius 3 is 3.00 bits per heavy atom. The lowest BCUT2D eigenvalue weighted by atomic mass is 10.1. The van der Waals surface area contributed by atoms with Crippen molar-refractivity contribution in [2.24, 2.45) is 0 Å². The number of nitrogens with one attached hydrogen (secondary N) is 1. The predicted octanol–water partition coefficient (Wildman–Crippen LogP) is 2.48. The van der Waals surface area contributed by atoms with Crippen molar-refractivity contribution in [2.45, 2.75) is 13.0 Å². The quantitative estimate of drug-likeness (QED) is 0.768. The van der Waals surface area contributed by atoms with Crippen LogP contribution in [0.2, 0.25) is 5.02 Å². The number of amides is 1. The molecule has 0 saturated carbocycles. The van der Waals surface area contributed by atoms with Crippen molar-refractivity contribution in [3.63, 3.8) is 0 Å². The molecule has 1 amide bonds. The number of methoxy groups -OCH3 is 1. The first-order valence-corrected chi connectivity index (χ1v) is 7.72. The topological polar surface area (TPSA) is 81.9 Å². The van der Waals surface area contributed by atoms with E-state index in [4.69, 9.17) is 16.3 Å². The lowest BCUT2D eigenvalue weighted by Gasteiger charge is -2.14. The highest BCUT2D eigenvalue weighted by molar-refractivity contribution is 6.31. The van der Waals surface area contributed by atoms with Crippen LogP contribution in [0.25, 0.3) is 10.9 Å². The monoisotopic (exact) mass is 345 g/mol. The molecule has 7 nitrogen and oxygen atoms in total. The van der Waals surface area contributed by atoms with Gasteiger partial charge in [-0.15, -0.1) is 0 Å². The standard InChI is InChI=1S/C16H16ClN5O2/c1-10(22-9-18-8-21-22)6-20-16(23)13-7-19-14-5-11(17)3-4-12(14)15(13)24-2/h3-5,7-10H,6H2,1-2H3,(H,20,23). The van der Waals surface area contributed by atoms with Crippen molar-refractivity contribution >= 4 is 28.4 Å². The van der Waals surface area contributed by atoms with Crippen molar-refractivity contribution in [3.8, 4) is 5.75 Å². The Labute approximate surface area is 143 Å². The van der Waals surface area contributed by atoms with E-state index in [1.54, 1.807) is 29.2 Å². The summed E-state index contributed by atoms with van der Waals surface area (Å²) in [7, 11) is 1.53. The Morgan fingerprint density at radius 1 is 1.46 bits per heavy atom. The van der Waals surface area contributed by atoms with Crippen LogP contribution >= 0.6 is 11.6 Å². The number of hydrogen-bond donors (Lipinski definition) is 1. The molecule has 1 N–H and O–H groups in total. The highest BCUT2D eigenvalue weighted by atomic mass is 35.5. The predicted molar refractivity (Wildman–Crippen MR) is 90.4 cm³/mol. The molecule has 0 aliphatic carbocycles. The van der Waals surface area contributed by atoms with Gasteiger partial charge in [0.15, 0.2) is 0 Å². The third kappa shape index (κ3) is 3.16. The fourth-order valence-electron chi connectivity index (χ4n) is 2.40. The van der Waals surface area contributed by atoms with Crippen LogP contribution in [0.5, 0.6) is 5.75 Å². The van der Waals surface area contributed by atoms with Gasteiger partial charge in [-0.1, -0.05) is 11.6 Å². The molecule has 1 aromatic carbocycles. The summed E-state index contributed by atoms with van der Waals surface area (Å²) in [5.41, 5.74) is 1.05. The fraction of sp³-hybridized carbons (Fsp3) is 0.250. The van der Waals surface area contributed by atoms with E-state index in [1.807, 2.05) is 6.92 Å². The summed E-state index contributed by atoms with van der Waals surface area (Å²) in [6.45, 7) is 2.34. The van der Waals surface area contributed by atoms with E-state index < -0.39 is 0 Å². The molecule has 0 radical (unpaired) electrons. The first-order chi connectivity index (χ1) is 11.6. The number of rotatable bonds is 5. The number of aromatic nitrogens is 4. The molecule has 3 rings (SSSR count). The number of pyridine rings is 1. The smallest absolute Gasteiger partial charge is 0.256 e. The number of ether oxygens (including phenoxy) is 1. The van der Waals surface area contributed by atoms with Crippen LogP contribution in [-0.4, -0.2) is 39.3 Å².